The molecule has 1 N–H and O–H groups in total. The van der Waals surface area contributed by atoms with Gasteiger partial charge in [0.05, 0.1) is 6.21 Å². The molecule has 0 saturated carbocycles. The summed E-state index contributed by atoms with van der Waals surface area (Å²) in [5.41, 5.74) is 0.639. The van der Waals surface area contributed by atoms with Crippen molar-refractivity contribution in [3.63, 3.8) is 0 Å². The second-order valence-corrected chi connectivity index (χ2v) is 3.54. The molecule has 0 fully saturated rings. The Morgan fingerprint density at radius 3 is 2.29 bits per heavy atom. The Bertz CT molecular complexity index is 464. The fourth-order valence-electron chi connectivity index (χ4n) is 0.859. The first kappa shape index (κ1) is 10.6. The summed E-state index contributed by atoms with van der Waals surface area (Å²) in [5, 5.41) is 0. The van der Waals surface area contributed by atoms with E-state index < -0.39 is 10.3 Å². The zero-order chi connectivity index (χ0) is 10.6. The smallest absolute Gasteiger partial charge is 0.298 e. The maximum Gasteiger partial charge on any atom is 0.378 e. The van der Waals surface area contributed by atoms with Gasteiger partial charge < -0.3 is 0 Å². The Kier molecular flexibility index (Phi) is 3.10. The van der Waals surface area contributed by atoms with E-state index in [0.717, 1.165) is 6.21 Å². The molecule has 1 aromatic rings. The van der Waals surface area contributed by atoms with Gasteiger partial charge >= 0.3 is 10.3 Å². The third kappa shape index (κ3) is 3.08. The van der Waals surface area contributed by atoms with Crippen molar-refractivity contribution in [1.82, 2.24) is 0 Å². The molecule has 0 heterocycles. The summed E-state index contributed by atoms with van der Waals surface area (Å²) < 4.78 is 31.8. The van der Waals surface area contributed by atoms with Gasteiger partial charge in [-0.2, -0.15) is 8.42 Å². The van der Waals surface area contributed by atoms with Crippen LogP contribution in [-0.4, -0.2) is 25.5 Å². The van der Waals surface area contributed by atoms with Gasteiger partial charge in [0.25, 0.3) is 0 Å². The van der Waals surface area contributed by atoms with E-state index in [4.69, 9.17) is 4.55 Å². The zero-order valence-electron chi connectivity index (χ0n) is 6.99. The highest BCUT2D eigenvalue weighted by molar-refractivity contribution is 7.84. The zero-order valence-corrected chi connectivity index (χ0v) is 7.81. The maximum atomic E-state index is 10.5. The van der Waals surface area contributed by atoms with Crippen LogP contribution in [0.2, 0.25) is 0 Å². The third-order valence-corrected chi connectivity index (χ3v) is 1.82. The monoisotopic (exact) mass is 213 g/mol. The molecule has 0 radical (unpaired) electrons. The van der Waals surface area contributed by atoms with Crippen LogP contribution in [0, 0.1) is 0 Å². The van der Waals surface area contributed by atoms with Crippen molar-refractivity contribution in [3.05, 3.63) is 35.4 Å². The summed E-state index contributed by atoms with van der Waals surface area (Å²) in [5.74, 6) is 0. The average molecular weight is 213 g/mol. The van der Waals surface area contributed by atoms with Crippen LogP contribution in [0.1, 0.15) is 15.9 Å². The van der Waals surface area contributed by atoms with Gasteiger partial charge in [-0.3, -0.25) is 9.35 Å². The fraction of sp³-hybridized carbons (Fsp3) is 0. The van der Waals surface area contributed by atoms with Crippen molar-refractivity contribution in [1.29, 1.82) is 0 Å². The van der Waals surface area contributed by atoms with Gasteiger partial charge in [-0.25, -0.2) is 0 Å². The van der Waals surface area contributed by atoms with Gasteiger partial charge in [-0.15, -0.1) is 4.40 Å². The molecule has 0 unspecified atom stereocenters. The van der Waals surface area contributed by atoms with E-state index in [1.807, 2.05) is 0 Å². The summed E-state index contributed by atoms with van der Waals surface area (Å²) in [4.78, 5) is 10.5. The van der Waals surface area contributed by atoms with Crippen LogP contribution in [0.3, 0.4) is 0 Å². The van der Waals surface area contributed by atoms with Crippen molar-refractivity contribution in [2.45, 2.75) is 0 Å². The van der Waals surface area contributed by atoms with Gasteiger partial charge in [-0.05, 0) is 0 Å². The third-order valence-electron chi connectivity index (χ3n) is 1.45. The van der Waals surface area contributed by atoms with E-state index in [2.05, 4.69) is 4.40 Å². The molecular weight excluding hydrogens is 206 g/mol. The molecule has 14 heavy (non-hydrogen) atoms. The van der Waals surface area contributed by atoms with Crippen LogP contribution in [0.5, 0.6) is 0 Å². The number of carbonyl (C=O) groups is 1. The van der Waals surface area contributed by atoms with E-state index >= 15 is 0 Å². The summed E-state index contributed by atoms with van der Waals surface area (Å²) in [7, 11) is -4.39. The fourth-order valence-corrected chi connectivity index (χ4v) is 1.11. The molecule has 5 nitrogen and oxygen atoms in total. The molecule has 0 saturated heterocycles. The SMILES string of the molecule is O=Cc1ccccc1C=NS(=O)(=O)O. The predicted octanol–water partition coefficient (Wildman–Crippen LogP) is 0.721. The lowest BCUT2D eigenvalue weighted by Gasteiger charge is -1.95. The van der Waals surface area contributed by atoms with Crippen molar-refractivity contribution in [2.75, 3.05) is 0 Å². The number of hydrogen-bond acceptors (Lipinski definition) is 3. The van der Waals surface area contributed by atoms with Gasteiger partial charge in [0.2, 0.25) is 0 Å². The average Bonchev–Trinajstić information content (AvgIpc) is 2.14. The lowest BCUT2D eigenvalue weighted by Crippen LogP contribution is -1.95. The topological polar surface area (TPSA) is 83.8 Å². The number of nitrogens with zero attached hydrogens (tertiary/aromatic N) is 1. The molecule has 74 valence electrons. The number of hydrogen-bond donors (Lipinski definition) is 1. The van der Waals surface area contributed by atoms with Crippen LogP contribution in [0.15, 0.2) is 28.7 Å². The molecule has 0 spiro atoms. The van der Waals surface area contributed by atoms with Crippen LogP contribution in [0.4, 0.5) is 0 Å². The molecule has 0 aromatic heterocycles. The quantitative estimate of drug-likeness (QED) is 0.455. The number of aldehydes is 1. The summed E-state index contributed by atoms with van der Waals surface area (Å²) in [6.07, 6.45) is 1.49. The number of rotatable bonds is 3. The van der Waals surface area contributed by atoms with Gasteiger partial charge in [0, 0.05) is 11.1 Å². The number of benzene rings is 1. The molecule has 0 atom stereocenters. The Labute approximate surface area is 81.0 Å². The molecule has 1 rings (SSSR count). The van der Waals surface area contributed by atoms with Crippen molar-refractivity contribution < 1.29 is 17.8 Å². The van der Waals surface area contributed by atoms with Gasteiger partial charge in [0.15, 0.2) is 6.29 Å². The van der Waals surface area contributed by atoms with Crippen LogP contribution >= 0.6 is 0 Å². The first-order valence-electron chi connectivity index (χ1n) is 3.60. The molecule has 0 amide bonds. The Balaban J connectivity index is 3.09. The van der Waals surface area contributed by atoms with E-state index in [1.54, 1.807) is 12.1 Å². The number of carbonyl (C=O) groups excluding carboxylic acids is 1. The summed E-state index contributed by atoms with van der Waals surface area (Å²) in [6, 6.07) is 6.28. The lowest BCUT2D eigenvalue weighted by atomic mass is 10.1. The highest BCUT2D eigenvalue weighted by Crippen LogP contribution is 2.03. The van der Waals surface area contributed by atoms with Crippen molar-refractivity contribution in [2.24, 2.45) is 4.40 Å². The van der Waals surface area contributed by atoms with Crippen molar-refractivity contribution >= 4 is 22.8 Å². The van der Waals surface area contributed by atoms with E-state index in [0.29, 0.717) is 17.4 Å². The predicted molar refractivity (Wildman–Crippen MR) is 51.0 cm³/mol. The lowest BCUT2D eigenvalue weighted by molar-refractivity contribution is 0.112. The van der Waals surface area contributed by atoms with Gasteiger partial charge in [-0.1, -0.05) is 24.3 Å². The van der Waals surface area contributed by atoms with Crippen LogP contribution in [0.25, 0.3) is 0 Å². The highest BCUT2D eigenvalue weighted by Gasteiger charge is 2.00. The largest absolute Gasteiger partial charge is 0.378 e. The highest BCUT2D eigenvalue weighted by atomic mass is 32.2. The molecule has 0 aliphatic heterocycles. The van der Waals surface area contributed by atoms with Gasteiger partial charge in [0.1, 0.15) is 0 Å². The van der Waals surface area contributed by atoms with Crippen LogP contribution < -0.4 is 0 Å². The Morgan fingerprint density at radius 2 is 1.79 bits per heavy atom. The standard InChI is InChI=1S/C8H7NO4S/c10-6-8-4-2-1-3-7(8)5-9-14(11,12)13/h1-6H,(H,11,12,13). The Hall–Kier alpha value is -1.53. The normalized spacial score (nSPS) is 11.8. The molecule has 6 heteroatoms. The molecule has 0 bridgehead atoms. The maximum absolute atomic E-state index is 10.5. The molecule has 0 aliphatic rings. The molecule has 1 aromatic carbocycles. The van der Waals surface area contributed by atoms with E-state index in [1.165, 1.54) is 12.1 Å². The minimum absolute atomic E-state index is 0.305. The van der Waals surface area contributed by atoms with Crippen LogP contribution in [-0.2, 0) is 10.3 Å². The summed E-state index contributed by atoms with van der Waals surface area (Å²) in [6.45, 7) is 0. The second kappa shape index (κ2) is 4.12. The van der Waals surface area contributed by atoms with E-state index in [9.17, 15) is 13.2 Å². The van der Waals surface area contributed by atoms with E-state index in [-0.39, 0.29) is 0 Å². The minimum atomic E-state index is -4.39. The molecule has 0 aliphatic carbocycles. The first-order chi connectivity index (χ1) is 6.53. The minimum Gasteiger partial charge on any atom is -0.298 e. The van der Waals surface area contributed by atoms with Crippen molar-refractivity contribution in [3.8, 4) is 0 Å². The first-order valence-corrected chi connectivity index (χ1v) is 4.99. The molecular formula is C8H7NO4S. The second-order valence-electron chi connectivity index (χ2n) is 2.43. The Morgan fingerprint density at radius 1 is 1.21 bits per heavy atom. The summed E-state index contributed by atoms with van der Waals surface area (Å²) >= 11 is 0.